The van der Waals surface area contributed by atoms with E-state index >= 15 is 0 Å². The zero-order chi connectivity index (χ0) is 13.8. The Morgan fingerprint density at radius 1 is 1.42 bits per heavy atom. The summed E-state index contributed by atoms with van der Waals surface area (Å²) in [5, 5.41) is 11.7. The summed E-state index contributed by atoms with van der Waals surface area (Å²) < 4.78 is 5.47. The van der Waals surface area contributed by atoms with Crippen molar-refractivity contribution in [1.29, 1.82) is 0 Å². The van der Waals surface area contributed by atoms with Crippen LogP contribution < -0.4 is 5.73 Å². The van der Waals surface area contributed by atoms with Crippen molar-refractivity contribution in [3.05, 3.63) is 0 Å². The lowest BCUT2D eigenvalue weighted by Gasteiger charge is -2.31. The SMILES string of the molecule is CC1OCCC1C(=O)N(CC(N)=NO)C1CCCC1. The van der Waals surface area contributed by atoms with Gasteiger partial charge in [-0.3, -0.25) is 4.79 Å². The number of amides is 1. The summed E-state index contributed by atoms with van der Waals surface area (Å²) in [4.78, 5) is 14.4. The molecule has 0 aromatic rings. The molecule has 1 saturated carbocycles. The fourth-order valence-electron chi connectivity index (χ4n) is 3.08. The van der Waals surface area contributed by atoms with Crippen LogP contribution in [0.2, 0.25) is 0 Å². The molecule has 19 heavy (non-hydrogen) atoms. The van der Waals surface area contributed by atoms with Crippen LogP contribution in [0.25, 0.3) is 0 Å². The number of amidine groups is 1. The molecule has 2 rings (SSSR count). The van der Waals surface area contributed by atoms with E-state index in [-0.39, 0.29) is 36.4 Å². The number of nitrogens with two attached hydrogens (primary N) is 1. The van der Waals surface area contributed by atoms with Crippen molar-refractivity contribution in [1.82, 2.24) is 4.90 Å². The maximum atomic E-state index is 12.6. The molecule has 2 unspecified atom stereocenters. The van der Waals surface area contributed by atoms with E-state index in [0.717, 1.165) is 32.1 Å². The smallest absolute Gasteiger partial charge is 0.229 e. The normalized spacial score (nSPS) is 28.8. The van der Waals surface area contributed by atoms with Gasteiger partial charge in [-0.2, -0.15) is 0 Å². The van der Waals surface area contributed by atoms with E-state index in [0.29, 0.717) is 6.61 Å². The average molecular weight is 269 g/mol. The Labute approximate surface area is 113 Å². The lowest BCUT2D eigenvalue weighted by atomic mass is 9.99. The molecule has 2 aliphatic rings. The quantitative estimate of drug-likeness (QED) is 0.344. The van der Waals surface area contributed by atoms with Crippen LogP contribution in [0.3, 0.4) is 0 Å². The van der Waals surface area contributed by atoms with Crippen LogP contribution in [-0.4, -0.2) is 47.1 Å². The predicted molar refractivity (Wildman–Crippen MR) is 70.9 cm³/mol. The molecule has 0 aromatic heterocycles. The molecule has 1 saturated heterocycles. The third-order valence-electron chi connectivity index (χ3n) is 4.20. The summed E-state index contributed by atoms with van der Waals surface area (Å²) in [6, 6.07) is 0.223. The van der Waals surface area contributed by atoms with Gasteiger partial charge in [0.25, 0.3) is 0 Å². The molecule has 2 fully saturated rings. The Morgan fingerprint density at radius 2 is 2.11 bits per heavy atom. The van der Waals surface area contributed by atoms with Gasteiger partial charge in [0.1, 0.15) is 0 Å². The van der Waals surface area contributed by atoms with Crippen LogP contribution in [0.4, 0.5) is 0 Å². The molecule has 6 heteroatoms. The maximum absolute atomic E-state index is 12.6. The monoisotopic (exact) mass is 269 g/mol. The average Bonchev–Trinajstić information content (AvgIpc) is 3.05. The van der Waals surface area contributed by atoms with Gasteiger partial charge < -0.3 is 20.6 Å². The second-order valence-electron chi connectivity index (χ2n) is 5.47. The molecule has 0 radical (unpaired) electrons. The van der Waals surface area contributed by atoms with Gasteiger partial charge in [-0.05, 0) is 26.2 Å². The zero-order valence-corrected chi connectivity index (χ0v) is 11.4. The Morgan fingerprint density at radius 3 is 2.63 bits per heavy atom. The van der Waals surface area contributed by atoms with E-state index < -0.39 is 0 Å². The molecule has 0 spiro atoms. The first-order valence-electron chi connectivity index (χ1n) is 7.02. The molecule has 3 N–H and O–H groups in total. The van der Waals surface area contributed by atoms with Crippen molar-refractivity contribution >= 4 is 11.7 Å². The maximum Gasteiger partial charge on any atom is 0.229 e. The lowest BCUT2D eigenvalue weighted by molar-refractivity contribution is -0.138. The Bertz CT molecular complexity index is 353. The van der Waals surface area contributed by atoms with Crippen molar-refractivity contribution in [3.63, 3.8) is 0 Å². The highest BCUT2D eigenvalue weighted by atomic mass is 16.5. The van der Waals surface area contributed by atoms with Gasteiger partial charge in [-0.1, -0.05) is 18.0 Å². The largest absolute Gasteiger partial charge is 0.409 e. The minimum Gasteiger partial charge on any atom is -0.409 e. The van der Waals surface area contributed by atoms with Gasteiger partial charge in [0.2, 0.25) is 5.91 Å². The highest BCUT2D eigenvalue weighted by molar-refractivity contribution is 5.88. The van der Waals surface area contributed by atoms with Gasteiger partial charge in [-0.15, -0.1) is 0 Å². The van der Waals surface area contributed by atoms with Crippen LogP contribution in [0.5, 0.6) is 0 Å². The van der Waals surface area contributed by atoms with E-state index in [1.807, 2.05) is 6.92 Å². The number of hydrogen-bond donors (Lipinski definition) is 2. The van der Waals surface area contributed by atoms with Crippen molar-refractivity contribution in [2.45, 2.75) is 51.2 Å². The topological polar surface area (TPSA) is 88.2 Å². The first-order chi connectivity index (χ1) is 9.13. The number of nitrogens with zero attached hydrogens (tertiary/aromatic N) is 2. The van der Waals surface area contributed by atoms with E-state index in [1.54, 1.807) is 4.90 Å². The summed E-state index contributed by atoms with van der Waals surface area (Å²) in [6.45, 7) is 2.79. The molecule has 1 aliphatic heterocycles. The lowest BCUT2D eigenvalue weighted by Crippen LogP contribution is -2.48. The number of carbonyl (C=O) groups is 1. The van der Waals surface area contributed by atoms with E-state index in [4.69, 9.17) is 15.7 Å². The molecule has 0 bridgehead atoms. The number of carbonyl (C=O) groups excluding carboxylic acids is 1. The molecule has 6 nitrogen and oxygen atoms in total. The van der Waals surface area contributed by atoms with Crippen LogP contribution in [0.15, 0.2) is 5.16 Å². The van der Waals surface area contributed by atoms with Crippen LogP contribution >= 0.6 is 0 Å². The highest BCUT2D eigenvalue weighted by Crippen LogP contribution is 2.28. The summed E-state index contributed by atoms with van der Waals surface area (Å²) >= 11 is 0. The van der Waals surface area contributed by atoms with Gasteiger partial charge in [0.05, 0.1) is 18.6 Å². The molecule has 2 atom stereocenters. The van der Waals surface area contributed by atoms with Gasteiger partial charge in [0.15, 0.2) is 5.84 Å². The van der Waals surface area contributed by atoms with Crippen LogP contribution in [0.1, 0.15) is 39.0 Å². The second kappa shape index (κ2) is 6.23. The van der Waals surface area contributed by atoms with Gasteiger partial charge in [-0.25, -0.2) is 0 Å². The summed E-state index contributed by atoms with van der Waals surface area (Å²) in [5.41, 5.74) is 5.59. The van der Waals surface area contributed by atoms with Gasteiger partial charge in [0, 0.05) is 12.6 Å². The summed E-state index contributed by atoms with van der Waals surface area (Å²) in [7, 11) is 0. The molecule has 1 heterocycles. The Kier molecular flexibility index (Phi) is 4.63. The van der Waals surface area contributed by atoms with E-state index in [1.165, 1.54) is 0 Å². The highest BCUT2D eigenvalue weighted by Gasteiger charge is 2.37. The van der Waals surface area contributed by atoms with Crippen LogP contribution in [0, 0.1) is 5.92 Å². The fraction of sp³-hybridized carbons (Fsp3) is 0.846. The number of rotatable bonds is 4. The predicted octanol–water partition coefficient (Wildman–Crippen LogP) is 0.929. The summed E-state index contributed by atoms with van der Waals surface area (Å²) in [6.07, 6.45) is 5.02. The van der Waals surface area contributed by atoms with Crippen molar-refractivity contribution in [3.8, 4) is 0 Å². The van der Waals surface area contributed by atoms with Crippen molar-refractivity contribution < 1.29 is 14.7 Å². The molecule has 1 aliphatic carbocycles. The first-order valence-corrected chi connectivity index (χ1v) is 7.02. The third kappa shape index (κ3) is 3.18. The molecule has 108 valence electrons. The Hall–Kier alpha value is -1.30. The van der Waals surface area contributed by atoms with E-state index in [2.05, 4.69) is 5.16 Å². The Balaban J connectivity index is 2.09. The number of ether oxygens (including phenoxy) is 1. The zero-order valence-electron chi connectivity index (χ0n) is 11.4. The molecular weight excluding hydrogens is 246 g/mol. The fourth-order valence-corrected chi connectivity index (χ4v) is 3.08. The minimum atomic E-state index is -0.0907. The van der Waals surface area contributed by atoms with Crippen molar-refractivity contribution in [2.75, 3.05) is 13.2 Å². The van der Waals surface area contributed by atoms with Crippen molar-refractivity contribution in [2.24, 2.45) is 16.8 Å². The van der Waals surface area contributed by atoms with Gasteiger partial charge >= 0.3 is 0 Å². The first kappa shape index (κ1) is 14.1. The minimum absolute atomic E-state index is 0.0382. The number of oxime groups is 1. The third-order valence-corrected chi connectivity index (χ3v) is 4.20. The van der Waals surface area contributed by atoms with Crippen LogP contribution in [-0.2, 0) is 9.53 Å². The van der Waals surface area contributed by atoms with E-state index in [9.17, 15) is 4.79 Å². The molecule has 1 amide bonds. The molecular formula is C13H23N3O3. The summed E-state index contributed by atoms with van der Waals surface area (Å²) in [5.74, 6) is 0.0856. The second-order valence-corrected chi connectivity index (χ2v) is 5.47. The standard InChI is InChI=1S/C13H23N3O3/c1-9-11(6-7-19-9)13(17)16(8-12(14)15-18)10-4-2-3-5-10/h9-11,18H,2-8H2,1H3,(H2,14,15). The number of hydrogen-bond acceptors (Lipinski definition) is 4. The molecule has 0 aromatic carbocycles.